The Labute approximate surface area is 326 Å². The molecule has 0 aliphatic carbocycles. The molecule has 2 aromatic rings. The first-order valence-electron chi connectivity index (χ1n) is 18.9. The van der Waals surface area contributed by atoms with Gasteiger partial charge in [0.2, 0.25) is 0 Å². The van der Waals surface area contributed by atoms with Crippen LogP contribution in [0.25, 0.3) is 0 Å². The number of carbonyl (C=O) groups is 1. The van der Waals surface area contributed by atoms with Crippen molar-refractivity contribution in [2.45, 2.75) is 62.3 Å². The number of hydrogen-bond donors (Lipinski definition) is 2. The van der Waals surface area contributed by atoms with E-state index in [-0.39, 0.29) is 59.7 Å². The molecule has 0 saturated heterocycles. The molecule has 1 aliphatic heterocycles. The van der Waals surface area contributed by atoms with Crippen LogP contribution in [0.15, 0.2) is 40.6 Å². The summed E-state index contributed by atoms with van der Waals surface area (Å²) in [5.74, 6) is 0.272. The molecule has 0 amide bonds. The Hall–Kier alpha value is -3.53. The average Bonchev–Trinajstić information content (AvgIpc) is 3.11. The quantitative estimate of drug-likeness (QED) is 0.127. The molecule has 55 heavy (non-hydrogen) atoms. The molecule has 3 rings (SSSR count). The number of hydrogen-bond acceptors (Lipinski definition) is 13. The molecule has 0 bridgehead atoms. The largest absolute Gasteiger partial charge is 0.489 e. The second kappa shape index (κ2) is 21.7. The average molecular weight is 777 g/mol. The second-order valence-electron chi connectivity index (χ2n) is 16.9. The van der Waals surface area contributed by atoms with Crippen molar-refractivity contribution < 1.29 is 57.6 Å². The second-order valence-corrected chi connectivity index (χ2v) is 16.9. The SMILES string of the molecule is CCOCCOc1cc(N=Nc2ccc3c(c2)OCCOCCOCC(C)(C)COCC(C)(C)CO3)c(C(=O)O)cc1OCC(C)(C)COCC(C)(C)CO. The van der Waals surface area contributed by atoms with E-state index in [1.807, 2.05) is 34.6 Å². The molecule has 14 nitrogen and oxygen atoms in total. The van der Waals surface area contributed by atoms with Crippen LogP contribution in [-0.4, -0.2) is 115 Å². The Kier molecular flexibility index (Phi) is 18.1. The van der Waals surface area contributed by atoms with E-state index in [1.165, 1.54) is 12.1 Å². The third-order valence-electron chi connectivity index (χ3n) is 8.17. The van der Waals surface area contributed by atoms with Crippen molar-refractivity contribution in [3.63, 3.8) is 0 Å². The summed E-state index contributed by atoms with van der Waals surface area (Å²) in [6.07, 6.45) is 0. The van der Waals surface area contributed by atoms with Crippen LogP contribution in [0, 0.1) is 21.7 Å². The van der Waals surface area contributed by atoms with Crippen molar-refractivity contribution in [3.05, 3.63) is 35.9 Å². The monoisotopic (exact) mass is 776 g/mol. The highest BCUT2D eigenvalue weighted by molar-refractivity contribution is 5.94. The lowest BCUT2D eigenvalue weighted by Crippen LogP contribution is -2.32. The Bertz CT molecular complexity index is 1510. The summed E-state index contributed by atoms with van der Waals surface area (Å²) in [5.41, 5.74) is -0.893. The molecule has 2 aromatic carbocycles. The van der Waals surface area contributed by atoms with Crippen molar-refractivity contribution in [3.8, 4) is 23.0 Å². The highest BCUT2D eigenvalue weighted by atomic mass is 16.6. The van der Waals surface area contributed by atoms with Crippen LogP contribution in [0.4, 0.5) is 11.4 Å². The zero-order valence-corrected chi connectivity index (χ0v) is 34.4. The number of rotatable bonds is 16. The van der Waals surface area contributed by atoms with Gasteiger partial charge in [-0.25, -0.2) is 4.79 Å². The molecule has 1 heterocycles. The molecule has 0 atom stereocenters. The number of fused-ring (bicyclic) bond motifs is 1. The molecule has 0 spiro atoms. The van der Waals surface area contributed by atoms with Crippen LogP contribution in [0.3, 0.4) is 0 Å². The maximum Gasteiger partial charge on any atom is 0.338 e. The standard InChI is InChI=1S/C41H64N2O12/c1-10-47-15-17-53-36-21-32(31(37(45)46)20-35(36)55-29-41(8,9)26-50-23-38(2,3)22-44)43-42-30-11-12-33-34(19-30)52-18-16-48-13-14-49-24-39(4,5)25-51-27-40(6,7)28-54-33/h11-12,19-21,44H,10,13-18,22-29H2,1-9H3,(H,45,46). The Morgan fingerprint density at radius 1 is 0.727 bits per heavy atom. The third-order valence-corrected chi connectivity index (χ3v) is 8.17. The zero-order chi connectivity index (χ0) is 40.5. The molecular weight excluding hydrogens is 712 g/mol. The van der Waals surface area contributed by atoms with E-state index in [4.69, 9.17) is 42.6 Å². The van der Waals surface area contributed by atoms with E-state index in [1.54, 1.807) is 18.2 Å². The van der Waals surface area contributed by atoms with Gasteiger partial charge in [0, 0.05) is 46.5 Å². The van der Waals surface area contributed by atoms with Crippen LogP contribution in [-0.2, 0) is 23.7 Å². The summed E-state index contributed by atoms with van der Waals surface area (Å²) in [5, 5.41) is 28.5. The fourth-order valence-corrected chi connectivity index (χ4v) is 4.99. The van der Waals surface area contributed by atoms with Crippen LogP contribution >= 0.6 is 0 Å². The summed E-state index contributed by atoms with van der Waals surface area (Å²) in [6, 6.07) is 8.05. The molecule has 2 N–H and O–H groups in total. The first-order valence-corrected chi connectivity index (χ1v) is 18.9. The Balaban J connectivity index is 1.86. The number of benzene rings is 2. The molecule has 0 aromatic heterocycles. The van der Waals surface area contributed by atoms with Gasteiger partial charge in [-0.15, -0.1) is 5.11 Å². The minimum Gasteiger partial charge on any atom is -0.489 e. The van der Waals surface area contributed by atoms with Gasteiger partial charge in [0.05, 0.1) is 90.5 Å². The van der Waals surface area contributed by atoms with Crippen LogP contribution in [0.5, 0.6) is 23.0 Å². The molecule has 1 aliphatic rings. The fraction of sp³-hybridized carbons (Fsp3) is 0.683. The number of carboxylic acid groups (broad SMARTS) is 1. The van der Waals surface area contributed by atoms with Gasteiger partial charge in [0.1, 0.15) is 18.9 Å². The molecule has 0 fully saturated rings. The lowest BCUT2D eigenvalue weighted by molar-refractivity contribution is -0.0420. The van der Waals surface area contributed by atoms with E-state index >= 15 is 0 Å². The summed E-state index contributed by atoms with van der Waals surface area (Å²) in [7, 11) is 0. The molecule has 0 unspecified atom stereocenters. The van der Waals surface area contributed by atoms with Gasteiger partial charge in [-0.1, -0.05) is 55.4 Å². The van der Waals surface area contributed by atoms with Crippen molar-refractivity contribution in [1.29, 1.82) is 0 Å². The normalized spacial score (nSPS) is 17.4. The summed E-state index contributed by atoms with van der Waals surface area (Å²) in [4.78, 5) is 12.5. The van der Waals surface area contributed by atoms with E-state index < -0.39 is 11.4 Å². The van der Waals surface area contributed by atoms with Crippen LogP contribution < -0.4 is 18.9 Å². The predicted molar refractivity (Wildman–Crippen MR) is 208 cm³/mol. The Morgan fingerprint density at radius 3 is 2.09 bits per heavy atom. The highest BCUT2D eigenvalue weighted by Gasteiger charge is 2.26. The van der Waals surface area contributed by atoms with Gasteiger partial charge in [-0.3, -0.25) is 0 Å². The van der Waals surface area contributed by atoms with Crippen molar-refractivity contribution in [2.24, 2.45) is 31.9 Å². The minimum absolute atomic E-state index is 0.00219. The number of carboxylic acids is 1. The van der Waals surface area contributed by atoms with E-state index in [0.29, 0.717) is 95.6 Å². The number of aliphatic hydroxyl groups is 1. The van der Waals surface area contributed by atoms with Crippen LogP contribution in [0.2, 0.25) is 0 Å². The van der Waals surface area contributed by atoms with Crippen molar-refractivity contribution in [1.82, 2.24) is 0 Å². The summed E-state index contributed by atoms with van der Waals surface area (Å²) >= 11 is 0. The smallest absolute Gasteiger partial charge is 0.338 e. The summed E-state index contributed by atoms with van der Waals surface area (Å²) < 4.78 is 53.4. The number of aromatic carboxylic acids is 1. The maximum absolute atomic E-state index is 12.5. The van der Waals surface area contributed by atoms with Gasteiger partial charge < -0.3 is 52.8 Å². The first kappa shape index (κ1) is 45.9. The minimum atomic E-state index is -1.21. The lowest BCUT2D eigenvalue weighted by atomic mass is 9.94. The van der Waals surface area contributed by atoms with Gasteiger partial charge >= 0.3 is 5.97 Å². The predicted octanol–water partition coefficient (Wildman–Crippen LogP) is 7.53. The number of nitrogens with zero attached hydrogens (tertiary/aromatic N) is 2. The maximum atomic E-state index is 12.5. The topological polar surface area (TPSA) is 165 Å². The molecule has 0 saturated carbocycles. The van der Waals surface area contributed by atoms with E-state index in [9.17, 15) is 15.0 Å². The van der Waals surface area contributed by atoms with Gasteiger partial charge in [0.15, 0.2) is 23.0 Å². The lowest BCUT2D eigenvalue weighted by Gasteiger charge is -2.29. The molecular formula is C41H64N2O12. The highest BCUT2D eigenvalue weighted by Crippen LogP contribution is 2.39. The number of aliphatic hydroxyl groups excluding tert-OH is 1. The first-order chi connectivity index (χ1) is 25.9. The van der Waals surface area contributed by atoms with Crippen molar-refractivity contribution >= 4 is 17.3 Å². The van der Waals surface area contributed by atoms with Gasteiger partial charge in [-0.2, -0.15) is 5.11 Å². The molecule has 310 valence electrons. The van der Waals surface area contributed by atoms with Gasteiger partial charge in [0.25, 0.3) is 0 Å². The van der Waals surface area contributed by atoms with Gasteiger partial charge in [-0.05, 0) is 19.1 Å². The Morgan fingerprint density at radius 2 is 1.38 bits per heavy atom. The van der Waals surface area contributed by atoms with Crippen molar-refractivity contribution in [2.75, 3.05) is 99.1 Å². The molecule has 0 radical (unpaired) electrons. The molecule has 14 heteroatoms. The number of azo groups is 1. The van der Waals surface area contributed by atoms with E-state index in [2.05, 4.69) is 37.9 Å². The third kappa shape index (κ3) is 17.0. The summed E-state index contributed by atoms with van der Waals surface area (Å²) in [6.45, 7) is 23.5. The van der Waals surface area contributed by atoms with E-state index in [0.717, 1.165) is 0 Å². The number of ether oxygens (including phenoxy) is 9. The fourth-order valence-electron chi connectivity index (χ4n) is 4.99. The zero-order valence-electron chi connectivity index (χ0n) is 34.4. The van der Waals surface area contributed by atoms with Crippen LogP contribution in [0.1, 0.15) is 72.7 Å².